The number of piperazine rings is 1. The van der Waals surface area contributed by atoms with Crippen molar-refractivity contribution < 1.29 is 8.76 Å². The number of rotatable bonds is 2. The van der Waals surface area contributed by atoms with Crippen molar-refractivity contribution in [1.82, 2.24) is 10.2 Å². The Balaban J connectivity index is 2.02. The van der Waals surface area contributed by atoms with Crippen molar-refractivity contribution in [2.75, 3.05) is 26.2 Å². The lowest BCUT2D eigenvalue weighted by molar-refractivity contribution is 0.203. The van der Waals surface area contributed by atoms with E-state index in [1.165, 1.54) is 0 Å². The first-order chi connectivity index (χ1) is 5.76. The Kier molecular flexibility index (Phi) is 2.20. The first kappa shape index (κ1) is 8.62. The molecule has 1 saturated carbocycles. The van der Waals surface area contributed by atoms with E-state index < -0.39 is 11.1 Å². The fourth-order valence-corrected chi connectivity index (χ4v) is 2.64. The molecule has 0 spiro atoms. The van der Waals surface area contributed by atoms with Crippen molar-refractivity contribution >= 4 is 11.1 Å². The molecule has 0 aromatic rings. The predicted octanol–water partition coefficient (Wildman–Crippen LogP) is -0.397. The molecule has 0 amide bonds. The van der Waals surface area contributed by atoms with Crippen LogP contribution in [0, 0.1) is 0 Å². The molecule has 2 aliphatic rings. The van der Waals surface area contributed by atoms with E-state index in [0.29, 0.717) is 0 Å². The topological polar surface area (TPSA) is 52.6 Å². The minimum absolute atomic E-state index is 0.359. The minimum Gasteiger partial charge on any atom is -0.314 e. The molecular weight excluding hydrogens is 176 g/mol. The highest BCUT2D eigenvalue weighted by molar-refractivity contribution is 7.81. The summed E-state index contributed by atoms with van der Waals surface area (Å²) >= 11 is -1.66. The van der Waals surface area contributed by atoms with Gasteiger partial charge in [0, 0.05) is 26.2 Å². The Morgan fingerprint density at radius 2 is 1.92 bits per heavy atom. The summed E-state index contributed by atoms with van der Waals surface area (Å²) in [6.45, 7) is 3.70. The molecule has 4 nitrogen and oxygen atoms in total. The van der Waals surface area contributed by atoms with E-state index in [1.807, 2.05) is 0 Å². The summed E-state index contributed by atoms with van der Waals surface area (Å²) in [5.41, 5.74) is 0. The number of hydrogen-bond donors (Lipinski definition) is 2. The van der Waals surface area contributed by atoms with Gasteiger partial charge in [-0.2, -0.15) is 0 Å². The molecule has 1 saturated heterocycles. The van der Waals surface area contributed by atoms with Crippen LogP contribution >= 0.6 is 0 Å². The van der Waals surface area contributed by atoms with Gasteiger partial charge in [-0.25, -0.2) is 4.21 Å². The van der Waals surface area contributed by atoms with E-state index >= 15 is 0 Å². The van der Waals surface area contributed by atoms with Crippen LogP contribution in [0.5, 0.6) is 0 Å². The van der Waals surface area contributed by atoms with E-state index in [-0.39, 0.29) is 4.87 Å². The number of hydrogen-bond acceptors (Lipinski definition) is 3. The third-order valence-electron chi connectivity index (χ3n) is 2.70. The second-order valence-electron chi connectivity index (χ2n) is 3.43. The van der Waals surface area contributed by atoms with Crippen LogP contribution in [-0.4, -0.2) is 44.7 Å². The summed E-state index contributed by atoms with van der Waals surface area (Å²) in [6, 6.07) is 0. The van der Waals surface area contributed by atoms with Crippen LogP contribution in [0.4, 0.5) is 0 Å². The van der Waals surface area contributed by atoms with Gasteiger partial charge in [0.1, 0.15) is 4.87 Å². The molecule has 1 aliphatic carbocycles. The number of nitrogens with zero attached hydrogens (tertiary/aromatic N) is 1. The Morgan fingerprint density at radius 1 is 1.33 bits per heavy atom. The first-order valence-corrected chi connectivity index (χ1v) is 5.43. The summed E-state index contributed by atoms with van der Waals surface area (Å²) in [7, 11) is 0. The molecule has 0 aromatic heterocycles. The van der Waals surface area contributed by atoms with Crippen LogP contribution < -0.4 is 5.32 Å². The summed E-state index contributed by atoms with van der Waals surface area (Å²) in [5, 5.41) is 3.23. The van der Waals surface area contributed by atoms with Gasteiger partial charge in [0.2, 0.25) is 0 Å². The van der Waals surface area contributed by atoms with E-state index in [4.69, 9.17) is 4.55 Å². The Bertz CT molecular complexity index is 200. The zero-order valence-corrected chi connectivity index (χ0v) is 7.77. The van der Waals surface area contributed by atoms with Crippen LogP contribution in [0.2, 0.25) is 0 Å². The fraction of sp³-hybridized carbons (Fsp3) is 1.00. The molecule has 2 fully saturated rings. The van der Waals surface area contributed by atoms with Crippen LogP contribution in [0.25, 0.3) is 0 Å². The molecule has 5 heteroatoms. The molecule has 1 atom stereocenters. The lowest BCUT2D eigenvalue weighted by Gasteiger charge is -2.32. The van der Waals surface area contributed by atoms with Gasteiger partial charge in [-0.15, -0.1) is 0 Å². The van der Waals surface area contributed by atoms with Crippen molar-refractivity contribution in [2.24, 2.45) is 0 Å². The van der Waals surface area contributed by atoms with Crippen molar-refractivity contribution in [3.8, 4) is 0 Å². The molecule has 0 radical (unpaired) electrons. The number of nitrogens with one attached hydrogen (secondary N) is 1. The minimum atomic E-state index is -1.66. The predicted molar refractivity (Wildman–Crippen MR) is 47.2 cm³/mol. The zero-order valence-electron chi connectivity index (χ0n) is 6.95. The van der Waals surface area contributed by atoms with Crippen molar-refractivity contribution in [3.05, 3.63) is 0 Å². The van der Waals surface area contributed by atoms with Gasteiger partial charge in [0.05, 0.1) is 0 Å². The van der Waals surface area contributed by atoms with Crippen LogP contribution in [-0.2, 0) is 11.1 Å². The SMILES string of the molecule is O=S(O)C1(N2CCNCC2)CC1. The maximum Gasteiger partial charge on any atom is 0.174 e. The largest absolute Gasteiger partial charge is 0.314 e. The highest BCUT2D eigenvalue weighted by Crippen LogP contribution is 2.44. The standard InChI is InChI=1S/C7H14N2O2S/c10-12(11)7(1-2-7)9-5-3-8-4-6-9/h8H,1-6H2,(H,10,11). The molecule has 1 heterocycles. The Hall–Kier alpha value is 0.0300. The van der Waals surface area contributed by atoms with Gasteiger partial charge in [-0.1, -0.05) is 0 Å². The normalized spacial score (nSPS) is 31.4. The molecule has 12 heavy (non-hydrogen) atoms. The molecule has 70 valence electrons. The maximum absolute atomic E-state index is 11.0. The second-order valence-corrected chi connectivity index (χ2v) is 4.69. The molecule has 1 aliphatic heterocycles. The molecule has 2 N–H and O–H groups in total. The van der Waals surface area contributed by atoms with Crippen LogP contribution in [0.15, 0.2) is 0 Å². The third-order valence-corrected chi connectivity index (χ3v) is 4.01. The van der Waals surface area contributed by atoms with Crippen molar-refractivity contribution in [3.63, 3.8) is 0 Å². The monoisotopic (exact) mass is 190 g/mol. The lowest BCUT2D eigenvalue weighted by atomic mass is 10.3. The first-order valence-electron chi connectivity index (χ1n) is 4.32. The highest BCUT2D eigenvalue weighted by Gasteiger charge is 2.53. The fourth-order valence-electron chi connectivity index (χ4n) is 1.78. The van der Waals surface area contributed by atoms with Crippen LogP contribution in [0.3, 0.4) is 0 Å². The molecule has 1 unspecified atom stereocenters. The molecular formula is C7H14N2O2S. The summed E-state index contributed by atoms with van der Waals surface area (Å²) in [5.74, 6) is 0. The third kappa shape index (κ3) is 1.31. The molecule has 2 rings (SSSR count). The quantitative estimate of drug-likeness (QED) is 0.582. The average Bonchev–Trinajstić information content (AvgIpc) is 2.86. The zero-order chi connectivity index (χ0) is 8.60. The highest BCUT2D eigenvalue weighted by atomic mass is 32.2. The lowest BCUT2D eigenvalue weighted by Crippen LogP contribution is -2.51. The Labute approximate surface area is 74.6 Å². The summed E-state index contributed by atoms with van der Waals surface area (Å²) in [6.07, 6.45) is 1.77. The second kappa shape index (κ2) is 3.06. The molecule has 0 aromatic carbocycles. The van der Waals surface area contributed by atoms with E-state index in [2.05, 4.69) is 10.2 Å². The van der Waals surface area contributed by atoms with Crippen molar-refractivity contribution in [2.45, 2.75) is 17.7 Å². The summed E-state index contributed by atoms with van der Waals surface area (Å²) < 4.78 is 20.1. The van der Waals surface area contributed by atoms with Gasteiger partial charge in [0.15, 0.2) is 11.1 Å². The summed E-state index contributed by atoms with van der Waals surface area (Å²) in [4.78, 5) is 1.79. The van der Waals surface area contributed by atoms with Gasteiger partial charge in [-0.05, 0) is 12.8 Å². The van der Waals surface area contributed by atoms with E-state index in [0.717, 1.165) is 39.0 Å². The molecule has 0 bridgehead atoms. The van der Waals surface area contributed by atoms with Crippen molar-refractivity contribution in [1.29, 1.82) is 0 Å². The van der Waals surface area contributed by atoms with Gasteiger partial charge in [0.25, 0.3) is 0 Å². The van der Waals surface area contributed by atoms with E-state index in [1.54, 1.807) is 0 Å². The van der Waals surface area contributed by atoms with Gasteiger partial charge >= 0.3 is 0 Å². The van der Waals surface area contributed by atoms with Crippen LogP contribution in [0.1, 0.15) is 12.8 Å². The maximum atomic E-state index is 11.0. The smallest absolute Gasteiger partial charge is 0.174 e. The van der Waals surface area contributed by atoms with E-state index in [9.17, 15) is 4.21 Å². The average molecular weight is 190 g/mol. The Morgan fingerprint density at radius 3 is 2.33 bits per heavy atom. The van der Waals surface area contributed by atoms with Gasteiger partial charge < -0.3 is 9.87 Å². The van der Waals surface area contributed by atoms with Gasteiger partial charge in [-0.3, -0.25) is 4.90 Å².